The number of amides is 4. The number of nitrogens with zero attached hydrogens (tertiary/aromatic N) is 2. The van der Waals surface area contributed by atoms with E-state index in [2.05, 4.69) is 21.2 Å². The highest BCUT2D eigenvalue weighted by Gasteiger charge is 2.40. The minimum absolute atomic E-state index is 0.0356. The lowest BCUT2D eigenvalue weighted by Gasteiger charge is -2.35. The molecule has 3 aromatic rings. The van der Waals surface area contributed by atoms with Crippen molar-refractivity contribution in [3.63, 3.8) is 0 Å². The number of aromatic nitrogens is 1. The van der Waals surface area contributed by atoms with Gasteiger partial charge in [-0.25, -0.2) is 4.79 Å². The average Bonchev–Trinajstić information content (AvgIpc) is 3.20. The smallest absolute Gasteiger partial charge is 0.331 e. The summed E-state index contributed by atoms with van der Waals surface area (Å²) in [5.41, 5.74) is 1.60. The standard InChI is InChI=1S/C27H25BrClN3O4/c28-18-10-11-23-20(15-18)17(16-31(23)12-13-36-24-9-5-4-8-22(24)29)14-21-25(33)30-27(35)32(26(21)34)19-6-2-1-3-7-19/h4-5,8-11,14-16,19H,1-3,6-7,12-13H2,(H,30,33,35)/b21-14+. The van der Waals surface area contributed by atoms with Crippen LogP contribution in [0.4, 0.5) is 4.79 Å². The van der Waals surface area contributed by atoms with Crippen molar-refractivity contribution in [2.24, 2.45) is 0 Å². The molecule has 2 fully saturated rings. The number of carbonyl (C=O) groups is 3. The van der Waals surface area contributed by atoms with Crippen LogP contribution < -0.4 is 10.1 Å². The molecular weight excluding hydrogens is 546 g/mol. The molecule has 1 saturated carbocycles. The molecule has 2 heterocycles. The molecule has 0 atom stereocenters. The van der Waals surface area contributed by atoms with Gasteiger partial charge in [0, 0.05) is 33.2 Å². The van der Waals surface area contributed by atoms with Crippen LogP contribution in [0.15, 0.2) is 58.7 Å². The van der Waals surface area contributed by atoms with Gasteiger partial charge in [0.2, 0.25) is 0 Å². The molecular formula is C27H25BrClN3O4. The topological polar surface area (TPSA) is 80.6 Å². The summed E-state index contributed by atoms with van der Waals surface area (Å²) >= 11 is 9.71. The second-order valence-electron chi connectivity index (χ2n) is 9.00. The summed E-state index contributed by atoms with van der Waals surface area (Å²) in [6, 6.07) is 12.3. The zero-order valence-corrected chi connectivity index (χ0v) is 21.8. The third-order valence-electron chi connectivity index (χ3n) is 6.67. The first-order chi connectivity index (χ1) is 17.4. The Bertz CT molecular complexity index is 1380. The van der Waals surface area contributed by atoms with E-state index in [1.807, 2.05) is 47.2 Å². The molecule has 36 heavy (non-hydrogen) atoms. The maximum absolute atomic E-state index is 13.3. The van der Waals surface area contributed by atoms with Crippen molar-refractivity contribution in [1.29, 1.82) is 0 Å². The van der Waals surface area contributed by atoms with Crippen LogP contribution in [0.2, 0.25) is 5.02 Å². The Kier molecular flexibility index (Phi) is 7.16. The van der Waals surface area contributed by atoms with Gasteiger partial charge in [-0.15, -0.1) is 0 Å². The molecule has 0 radical (unpaired) electrons. The number of halogens is 2. The Hall–Kier alpha value is -3.10. The van der Waals surface area contributed by atoms with Crippen molar-refractivity contribution in [3.05, 3.63) is 69.3 Å². The van der Waals surface area contributed by atoms with Gasteiger partial charge in [0.1, 0.15) is 17.9 Å². The van der Waals surface area contributed by atoms with Crippen molar-refractivity contribution in [2.45, 2.75) is 44.7 Å². The second-order valence-corrected chi connectivity index (χ2v) is 10.3. The first kappa shape index (κ1) is 24.6. The summed E-state index contributed by atoms with van der Waals surface area (Å²) in [4.78, 5) is 39.9. The van der Waals surface area contributed by atoms with Crippen LogP contribution in [0.3, 0.4) is 0 Å². The fourth-order valence-electron chi connectivity index (χ4n) is 4.91. The maximum atomic E-state index is 13.3. The number of imide groups is 2. The van der Waals surface area contributed by atoms with Crippen LogP contribution in [-0.2, 0) is 16.1 Å². The van der Waals surface area contributed by atoms with Crippen LogP contribution in [0.25, 0.3) is 17.0 Å². The highest BCUT2D eigenvalue weighted by atomic mass is 79.9. The van der Waals surface area contributed by atoms with E-state index in [1.165, 1.54) is 4.90 Å². The Morgan fingerprint density at radius 2 is 1.86 bits per heavy atom. The summed E-state index contributed by atoms with van der Waals surface area (Å²) in [6.45, 7) is 0.905. The maximum Gasteiger partial charge on any atom is 0.331 e. The van der Waals surface area contributed by atoms with Crippen molar-refractivity contribution in [1.82, 2.24) is 14.8 Å². The molecule has 7 nitrogen and oxygen atoms in total. The van der Waals surface area contributed by atoms with E-state index >= 15 is 0 Å². The number of barbiturate groups is 1. The van der Waals surface area contributed by atoms with Crippen LogP contribution in [0.1, 0.15) is 37.7 Å². The first-order valence-electron chi connectivity index (χ1n) is 12.0. The third kappa shape index (κ3) is 4.92. The van der Waals surface area contributed by atoms with E-state index in [-0.39, 0.29) is 11.6 Å². The van der Waals surface area contributed by atoms with Crippen molar-refractivity contribution < 1.29 is 19.1 Å². The minimum atomic E-state index is -0.671. The van der Waals surface area contributed by atoms with Gasteiger partial charge < -0.3 is 9.30 Å². The number of para-hydroxylation sites is 1. The molecule has 1 aromatic heterocycles. The highest BCUT2D eigenvalue weighted by molar-refractivity contribution is 9.10. The Morgan fingerprint density at radius 3 is 2.64 bits per heavy atom. The Balaban J connectivity index is 1.45. The number of ether oxygens (including phenoxy) is 1. The lowest BCUT2D eigenvalue weighted by Crippen LogP contribution is -2.58. The predicted octanol–water partition coefficient (Wildman–Crippen LogP) is 5.93. The summed E-state index contributed by atoms with van der Waals surface area (Å²) < 4.78 is 8.75. The molecule has 186 valence electrons. The summed E-state index contributed by atoms with van der Waals surface area (Å²) in [5.74, 6) is -0.596. The number of hydrogen-bond acceptors (Lipinski definition) is 4. The monoisotopic (exact) mass is 569 g/mol. The van der Waals surface area contributed by atoms with Crippen LogP contribution in [-0.4, -0.2) is 40.0 Å². The van der Waals surface area contributed by atoms with Crippen molar-refractivity contribution in [3.8, 4) is 5.75 Å². The fraction of sp³-hybridized carbons (Fsp3) is 0.296. The van der Waals surface area contributed by atoms with E-state index in [0.717, 1.165) is 47.5 Å². The summed E-state index contributed by atoms with van der Waals surface area (Å²) in [7, 11) is 0. The SMILES string of the molecule is O=C1NC(=O)N(C2CCCCC2)C(=O)/C1=C/c1cn(CCOc2ccccc2Cl)c2ccc(Br)cc12. The van der Waals surface area contributed by atoms with E-state index in [1.54, 1.807) is 12.1 Å². The number of fused-ring (bicyclic) bond motifs is 1. The van der Waals surface area contributed by atoms with Crippen molar-refractivity contribution >= 4 is 62.4 Å². The van der Waals surface area contributed by atoms with E-state index in [9.17, 15) is 14.4 Å². The number of urea groups is 1. The molecule has 4 amide bonds. The van der Waals surface area contributed by atoms with Crippen molar-refractivity contribution in [2.75, 3.05) is 6.61 Å². The largest absolute Gasteiger partial charge is 0.490 e. The number of carbonyl (C=O) groups excluding carboxylic acids is 3. The van der Waals surface area contributed by atoms with Gasteiger partial charge in [0.15, 0.2) is 0 Å². The predicted molar refractivity (Wildman–Crippen MR) is 142 cm³/mol. The summed E-state index contributed by atoms with van der Waals surface area (Å²) in [6.07, 6.45) is 8.02. The molecule has 9 heteroatoms. The second kappa shape index (κ2) is 10.5. The molecule has 2 aliphatic rings. The van der Waals surface area contributed by atoms with E-state index < -0.39 is 17.8 Å². The zero-order chi connectivity index (χ0) is 25.2. The molecule has 2 aromatic carbocycles. The molecule has 1 N–H and O–H groups in total. The number of nitrogens with one attached hydrogen (secondary N) is 1. The summed E-state index contributed by atoms with van der Waals surface area (Å²) in [5, 5.41) is 3.78. The van der Waals surface area contributed by atoms with Gasteiger partial charge in [-0.1, -0.05) is 58.9 Å². The van der Waals surface area contributed by atoms with Gasteiger partial charge in [-0.3, -0.25) is 19.8 Å². The van der Waals surface area contributed by atoms with Gasteiger partial charge in [-0.2, -0.15) is 0 Å². The number of hydrogen-bond donors (Lipinski definition) is 1. The number of rotatable bonds is 6. The van der Waals surface area contributed by atoms with Gasteiger partial charge >= 0.3 is 6.03 Å². The Morgan fingerprint density at radius 1 is 1.08 bits per heavy atom. The fourth-order valence-corrected chi connectivity index (χ4v) is 5.46. The lowest BCUT2D eigenvalue weighted by atomic mass is 9.93. The first-order valence-corrected chi connectivity index (χ1v) is 13.2. The van der Waals surface area contributed by atoms with Crippen LogP contribution in [0.5, 0.6) is 5.75 Å². The molecule has 0 bridgehead atoms. The van der Waals surface area contributed by atoms with Crippen LogP contribution in [0, 0.1) is 0 Å². The Labute approximate surface area is 222 Å². The molecule has 5 rings (SSSR count). The molecule has 1 saturated heterocycles. The molecule has 0 spiro atoms. The minimum Gasteiger partial charge on any atom is -0.490 e. The average molecular weight is 571 g/mol. The lowest BCUT2D eigenvalue weighted by molar-refractivity contribution is -0.132. The molecule has 1 aliphatic heterocycles. The van der Waals surface area contributed by atoms with Gasteiger partial charge in [0.25, 0.3) is 11.8 Å². The number of benzene rings is 2. The third-order valence-corrected chi connectivity index (χ3v) is 7.48. The zero-order valence-electron chi connectivity index (χ0n) is 19.5. The quantitative estimate of drug-likeness (QED) is 0.294. The van der Waals surface area contributed by atoms with E-state index in [4.69, 9.17) is 16.3 Å². The van der Waals surface area contributed by atoms with E-state index in [0.29, 0.717) is 29.5 Å². The highest BCUT2D eigenvalue weighted by Crippen LogP contribution is 2.30. The van der Waals surface area contributed by atoms with Gasteiger partial charge in [0.05, 0.1) is 11.6 Å². The normalized spacial score (nSPS) is 18.2. The van der Waals surface area contributed by atoms with Crippen LogP contribution >= 0.6 is 27.5 Å². The van der Waals surface area contributed by atoms with Gasteiger partial charge in [-0.05, 0) is 49.2 Å². The molecule has 1 aliphatic carbocycles. The molecule has 0 unspecified atom stereocenters.